The Morgan fingerprint density at radius 2 is 1.90 bits per heavy atom. The lowest BCUT2D eigenvalue weighted by molar-refractivity contribution is 0.0901. The Balaban J connectivity index is 2.22. The van der Waals surface area contributed by atoms with Crippen molar-refractivity contribution in [1.82, 2.24) is 4.90 Å². The molecule has 0 aliphatic heterocycles. The molecule has 1 aliphatic rings. The number of nitrogens with two attached hydrogens (primary N) is 1. The van der Waals surface area contributed by atoms with Crippen LogP contribution in [0.1, 0.15) is 55.7 Å². The third-order valence-corrected chi connectivity index (χ3v) is 4.94. The molecule has 1 aromatic rings. The van der Waals surface area contributed by atoms with E-state index >= 15 is 0 Å². The molecule has 0 unspecified atom stereocenters. The maximum Gasteiger partial charge on any atom is 0.0335 e. The second-order valence-electron chi connectivity index (χ2n) is 6.49. The Labute approximate surface area is 124 Å². The van der Waals surface area contributed by atoms with Gasteiger partial charge in [0.15, 0.2) is 0 Å². The molecule has 1 aliphatic carbocycles. The summed E-state index contributed by atoms with van der Waals surface area (Å²) in [6, 6.07) is 6.80. The summed E-state index contributed by atoms with van der Waals surface area (Å²) in [5.74, 6) is 0. The zero-order valence-electron chi connectivity index (χ0n) is 13.4. The van der Waals surface area contributed by atoms with E-state index in [2.05, 4.69) is 43.9 Å². The third-order valence-electron chi connectivity index (χ3n) is 4.94. The highest BCUT2D eigenvalue weighted by atomic mass is 15.2. The van der Waals surface area contributed by atoms with Gasteiger partial charge in [-0.15, -0.1) is 0 Å². The van der Waals surface area contributed by atoms with E-state index in [4.69, 9.17) is 5.73 Å². The molecular weight excluding hydrogens is 244 g/mol. The second kappa shape index (κ2) is 6.73. The molecule has 1 saturated carbocycles. The van der Waals surface area contributed by atoms with Gasteiger partial charge in [-0.1, -0.05) is 43.5 Å². The van der Waals surface area contributed by atoms with E-state index in [1.165, 1.54) is 48.8 Å². The van der Waals surface area contributed by atoms with E-state index in [0.29, 0.717) is 0 Å². The molecular formula is C18H30N2. The molecule has 2 heteroatoms. The lowest BCUT2D eigenvalue weighted by Gasteiger charge is -2.41. The van der Waals surface area contributed by atoms with Crippen LogP contribution < -0.4 is 5.73 Å². The third kappa shape index (κ3) is 3.24. The van der Waals surface area contributed by atoms with Gasteiger partial charge < -0.3 is 5.73 Å². The Kier molecular flexibility index (Phi) is 5.22. The van der Waals surface area contributed by atoms with Crippen molar-refractivity contribution in [3.8, 4) is 0 Å². The second-order valence-corrected chi connectivity index (χ2v) is 6.49. The molecule has 0 spiro atoms. The highest BCUT2D eigenvalue weighted by Gasteiger charge is 2.37. The maximum atomic E-state index is 6.18. The lowest BCUT2D eigenvalue weighted by Crippen LogP contribution is -2.51. The molecule has 1 aromatic carbocycles. The van der Waals surface area contributed by atoms with Crippen LogP contribution in [-0.2, 0) is 6.54 Å². The van der Waals surface area contributed by atoms with Gasteiger partial charge in [-0.3, -0.25) is 4.90 Å². The first-order valence-corrected chi connectivity index (χ1v) is 8.12. The Bertz CT molecular complexity index is 433. The van der Waals surface area contributed by atoms with Crippen molar-refractivity contribution < 1.29 is 0 Å². The predicted molar refractivity (Wildman–Crippen MR) is 86.9 cm³/mol. The molecule has 20 heavy (non-hydrogen) atoms. The van der Waals surface area contributed by atoms with Crippen LogP contribution in [0.15, 0.2) is 18.2 Å². The van der Waals surface area contributed by atoms with Crippen LogP contribution in [0.4, 0.5) is 0 Å². The smallest absolute Gasteiger partial charge is 0.0335 e. The molecule has 0 atom stereocenters. The molecule has 0 heterocycles. The number of nitrogens with zero attached hydrogens (tertiary/aromatic N) is 1. The van der Waals surface area contributed by atoms with Crippen LogP contribution >= 0.6 is 0 Å². The van der Waals surface area contributed by atoms with Crippen LogP contribution in [0, 0.1) is 13.8 Å². The minimum absolute atomic E-state index is 0.256. The quantitative estimate of drug-likeness (QED) is 0.855. The van der Waals surface area contributed by atoms with Crippen molar-refractivity contribution >= 4 is 0 Å². The summed E-state index contributed by atoms with van der Waals surface area (Å²) >= 11 is 0. The molecule has 2 nitrogen and oxygen atoms in total. The number of rotatable bonds is 6. The fraction of sp³-hybridized carbons (Fsp3) is 0.667. The van der Waals surface area contributed by atoms with E-state index in [1.807, 2.05) is 0 Å². The van der Waals surface area contributed by atoms with Crippen molar-refractivity contribution in [2.45, 2.75) is 65.0 Å². The first-order chi connectivity index (χ1) is 9.61. The van der Waals surface area contributed by atoms with Crippen LogP contribution in [0.25, 0.3) is 0 Å². The van der Waals surface area contributed by atoms with Gasteiger partial charge in [0.2, 0.25) is 0 Å². The van der Waals surface area contributed by atoms with Gasteiger partial charge in [-0.25, -0.2) is 0 Å². The minimum atomic E-state index is 0.256. The molecule has 0 aromatic heterocycles. The Morgan fingerprint density at radius 1 is 1.20 bits per heavy atom. The monoisotopic (exact) mass is 274 g/mol. The summed E-state index contributed by atoms with van der Waals surface area (Å²) in [4.78, 5) is 2.67. The van der Waals surface area contributed by atoms with Gasteiger partial charge in [0.25, 0.3) is 0 Å². The summed E-state index contributed by atoms with van der Waals surface area (Å²) in [6.45, 7) is 9.69. The van der Waals surface area contributed by atoms with Gasteiger partial charge in [-0.2, -0.15) is 0 Å². The van der Waals surface area contributed by atoms with Crippen LogP contribution in [0.5, 0.6) is 0 Å². The van der Waals surface area contributed by atoms with Crippen LogP contribution in [-0.4, -0.2) is 23.5 Å². The molecule has 0 amide bonds. The number of aryl methyl sites for hydroxylation is 2. The Hall–Kier alpha value is -0.860. The van der Waals surface area contributed by atoms with Crippen molar-refractivity contribution in [2.24, 2.45) is 5.73 Å². The predicted octanol–water partition coefficient (Wildman–Crippen LogP) is 3.79. The highest BCUT2D eigenvalue weighted by molar-refractivity contribution is 5.30. The molecule has 2 rings (SSSR count). The standard InChI is InChI=1S/C18H30N2/c1-4-11-20(18(14-19)9-5-6-10-18)13-17-12-15(2)7-8-16(17)3/h7-8,12H,4-6,9-11,13-14,19H2,1-3H3. The molecule has 112 valence electrons. The van der Waals surface area contributed by atoms with Crippen molar-refractivity contribution in [1.29, 1.82) is 0 Å². The minimum Gasteiger partial charge on any atom is -0.329 e. The largest absolute Gasteiger partial charge is 0.329 e. The topological polar surface area (TPSA) is 29.3 Å². The van der Waals surface area contributed by atoms with Gasteiger partial charge in [0, 0.05) is 18.6 Å². The summed E-state index contributed by atoms with van der Waals surface area (Å²) in [6.07, 6.45) is 6.42. The number of hydrogen-bond donors (Lipinski definition) is 1. The molecule has 1 fully saturated rings. The summed E-state index contributed by atoms with van der Waals surface area (Å²) in [7, 11) is 0. The first-order valence-electron chi connectivity index (χ1n) is 8.12. The van der Waals surface area contributed by atoms with Crippen LogP contribution in [0.3, 0.4) is 0 Å². The molecule has 2 N–H and O–H groups in total. The average Bonchev–Trinajstić information content (AvgIpc) is 2.92. The average molecular weight is 274 g/mol. The normalized spacial score (nSPS) is 17.9. The number of benzene rings is 1. The zero-order chi connectivity index (χ0) is 14.6. The molecule has 0 saturated heterocycles. The summed E-state index contributed by atoms with van der Waals surface area (Å²) < 4.78 is 0. The first kappa shape index (κ1) is 15.5. The van der Waals surface area contributed by atoms with Gasteiger partial charge in [-0.05, 0) is 50.8 Å². The van der Waals surface area contributed by atoms with Crippen LogP contribution in [0.2, 0.25) is 0 Å². The lowest BCUT2D eigenvalue weighted by atomic mass is 9.93. The maximum absolute atomic E-state index is 6.18. The Morgan fingerprint density at radius 3 is 2.50 bits per heavy atom. The van der Waals surface area contributed by atoms with Crippen molar-refractivity contribution in [3.63, 3.8) is 0 Å². The summed E-state index contributed by atoms with van der Waals surface area (Å²) in [5, 5.41) is 0. The van der Waals surface area contributed by atoms with E-state index in [-0.39, 0.29) is 5.54 Å². The van der Waals surface area contributed by atoms with Gasteiger partial charge >= 0.3 is 0 Å². The fourth-order valence-corrected chi connectivity index (χ4v) is 3.61. The van der Waals surface area contributed by atoms with E-state index < -0.39 is 0 Å². The van der Waals surface area contributed by atoms with E-state index in [1.54, 1.807) is 0 Å². The van der Waals surface area contributed by atoms with Crippen molar-refractivity contribution in [2.75, 3.05) is 13.1 Å². The SMILES string of the molecule is CCCN(Cc1cc(C)ccc1C)C1(CN)CCCC1. The summed E-state index contributed by atoms with van der Waals surface area (Å²) in [5.41, 5.74) is 10.7. The van der Waals surface area contributed by atoms with E-state index in [9.17, 15) is 0 Å². The fourth-order valence-electron chi connectivity index (χ4n) is 3.61. The zero-order valence-corrected chi connectivity index (χ0v) is 13.4. The van der Waals surface area contributed by atoms with E-state index in [0.717, 1.165) is 19.6 Å². The van der Waals surface area contributed by atoms with Gasteiger partial charge in [0.05, 0.1) is 0 Å². The molecule has 0 bridgehead atoms. The van der Waals surface area contributed by atoms with Gasteiger partial charge in [0.1, 0.15) is 0 Å². The highest BCUT2D eigenvalue weighted by Crippen LogP contribution is 2.36. The molecule has 0 radical (unpaired) electrons. The number of hydrogen-bond acceptors (Lipinski definition) is 2. The van der Waals surface area contributed by atoms with Crippen molar-refractivity contribution in [3.05, 3.63) is 34.9 Å².